The average Bonchev–Trinajstić information content (AvgIpc) is 3.13. The number of nitrogens with one attached hydrogen (secondary N) is 1. The van der Waals surface area contributed by atoms with E-state index >= 15 is 0 Å². The summed E-state index contributed by atoms with van der Waals surface area (Å²) in [6, 6.07) is 13.4. The first-order valence-electron chi connectivity index (χ1n) is 9.41. The van der Waals surface area contributed by atoms with Crippen LogP contribution in [0.2, 0.25) is 10.0 Å². The van der Waals surface area contributed by atoms with Crippen LogP contribution in [0, 0.1) is 0 Å². The van der Waals surface area contributed by atoms with Gasteiger partial charge in [0.25, 0.3) is 0 Å². The van der Waals surface area contributed by atoms with Gasteiger partial charge in [0.2, 0.25) is 5.91 Å². The van der Waals surface area contributed by atoms with Gasteiger partial charge in [-0.05, 0) is 23.6 Å². The molecular weight excluding hydrogens is 439 g/mol. The van der Waals surface area contributed by atoms with E-state index in [2.05, 4.69) is 48.1 Å². The quantitative estimate of drug-likeness (QED) is 0.316. The molecule has 1 N–H and O–H groups in total. The van der Waals surface area contributed by atoms with Gasteiger partial charge >= 0.3 is 0 Å². The molecule has 0 saturated carbocycles. The number of benzene rings is 2. The lowest BCUT2D eigenvalue weighted by molar-refractivity contribution is -0.113. The zero-order valence-electron chi connectivity index (χ0n) is 16.7. The van der Waals surface area contributed by atoms with E-state index in [1.165, 1.54) is 17.3 Å². The van der Waals surface area contributed by atoms with Gasteiger partial charge in [-0.2, -0.15) is 0 Å². The standard InChI is InChI=1S/C22H22Cl2N4OS/c1-4-12-28-21(16-10-8-15(9-11-16)14(2)3)26-27-22(28)30-13-19(29)25-18-7-5-6-17(23)20(18)24/h4-11,14H,1,12-13H2,2-3H3,(H,25,29). The number of halogens is 2. The monoisotopic (exact) mass is 460 g/mol. The van der Waals surface area contributed by atoms with E-state index in [-0.39, 0.29) is 11.7 Å². The predicted molar refractivity (Wildman–Crippen MR) is 126 cm³/mol. The van der Waals surface area contributed by atoms with E-state index in [1.54, 1.807) is 24.3 Å². The summed E-state index contributed by atoms with van der Waals surface area (Å²) in [5.74, 6) is 1.15. The Bertz CT molecular complexity index is 1050. The highest BCUT2D eigenvalue weighted by Gasteiger charge is 2.16. The van der Waals surface area contributed by atoms with Crippen LogP contribution in [0.3, 0.4) is 0 Å². The molecule has 1 heterocycles. The normalized spacial score (nSPS) is 11.0. The van der Waals surface area contributed by atoms with E-state index < -0.39 is 0 Å². The number of thioether (sulfide) groups is 1. The largest absolute Gasteiger partial charge is 0.324 e. The summed E-state index contributed by atoms with van der Waals surface area (Å²) >= 11 is 13.4. The Morgan fingerprint density at radius 2 is 1.93 bits per heavy atom. The summed E-state index contributed by atoms with van der Waals surface area (Å²) in [6.07, 6.45) is 1.78. The third-order valence-corrected chi connectivity index (χ3v) is 6.21. The number of hydrogen-bond donors (Lipinski definition) is 1. The number of hydrogen-bond acceptors (Lipinski definition) is 4. The third-order valence-electron chi connectivity index (χ3n) is 4.42. The number of anilines is 1. The topological polar surface area (TPSA) is 59.8 Å². The lowest BCUT2D eigenvalue weighted by Gasteiger charge is -2.10. The Kier molecular flexibility index (Phi) is 7.58. The van der Waals surface area contributed by atoms with Crippen LogP contribution in [0.4, 0.5) is 5.69 Å². The second kappa shape index (κ2) is 10.2. The number of carbonyl (C=O) groups excluding carboxylic acids is 1. The van der Waals surface area contributed by atoms with Gasteiger partial charge in [-0.3, -0.25) is 9.36 Å². The van der Waals surface area contributed by atoms with Crippen molar-refractivity contribution in [3.63, 3.8) is 0 Å². The maximum Gasteiger partial charge on any atom is 0.234 e. The van der Waals surface area contributed by atoms with Crippen molar-refractivity contribution in [3.8, 4) is 11.4 Å². The molecule has 1 aromatic heterocycles. The number of aromatic nitrogens is 3. The van der Waals surface area contributed by atoms with Crippen molar-refractivity contribution in [1.82, 2.24) is 14.8 Å². The molecule has 0 saturated heterocycles. The van der Waals surface area contributed by atoms with E-state index in [1.807, 2.05) is 16.7 Å². The Labute approximate surface area is 190 Å². The molecule has 30 heavy (non-hydrogen) atoms. The van der Waals surface area contributed by atoms with Gasteiger partial charge in [-0.15, -0.1) is 16.8 Å². The summed E-state index contributed by atoms with van der Waals surface area (Å²) in [5, 5.41) is 12.7. The minimum Gasteiger partial charge on any atom is -0.324 e. The molecule has 0 atom stereocenters. The van der Waals surface area contributed by atoms with Crippen molar-refractivity contribution >= 4 is 46.6 Å². The van der Waals surface area contributed by atoms with E-state index in [4.69, 9.17) is 23.2 Å². The summed E-state index contributed by atoms with van der Waals surface area (Å²) in [5.41, 5.74) is 2.71. The van der Waals surface area contributed by atoms with E-state index in [0.717, 1.165) is 11.4 Å². The van der Waals surface area contributed by atoms with Gasteiger partial charge in [0.1, 0.15) is 0 Å². The molecule has 0 aliphatic rings. The van der Waals surface area contributed by atoms with Gasteiger partial charge < -0.3 is 5.32 Å². The second-order valence-electron chi connectivity index (χ2n) is 6.92. The Hall–Kier alpha value is -2.28. The Balaban J connectivity index is 1.74. The molecule has 0 aliphatic heterocycles. The number of rotatable bonds is 8. The third kappa shape index (κ3) is 5.25. The van der Waals surface area contributed by atoms with Crippen LogP contribution in [0.5, 0.6) is 0 Å². The van der Waals surface area contributed by atoms with Crippen LogP contribution < -0.4 is 5.32 Å². The molecule has 3 rings (SSSR count). The molecule has 0 aliphatic carbocycles. The van der Waals surface area contributed by atoms with Gasteiger partial charge in [0.15, 0.2) is 11.0 Å². The first-order chi connectivity index (χ1) is 14.4. The molecule has 1 amide bonds. The van der Waals surface area contributed by atoms with Gasteiger partial charge in [-0.25, -0.2) is 0 Å². The fraction of sp³-hybridized carbons (Fsp3) is 0.227. The fourth-order valence-corrected chi connectivity index (χ4v) is 3.93. The molecule has 3 aromatic rings. The molecule has 5 nitrogen and oxygen atoms in total. The number of nitrogens with zero attached hydrogens (tertiary/aromatic N) is 3. The van der Waals surface area contributed by atoms with E-state index in [9.17, 15) is 4.79 Å². The van der Waals surface area contributed by atoms with Crippen molar-refractivity contribution in [2.24, 2.45) is 0 Å². The molecule has 0 spiro atoms. The van der Waals surface area contributed by atoms with Crippen molar-refractivity contribution in [2.75, 3.05) is 11.1 Å². The summed E-state index contributed by atoms with van der Waals surface area (Å²) in [6.45, 7) is 8.68. The number of carbonyl (C=O) groups is 1. The molecule has 0 fully saturated rings. The molecule has 2 aromatic carbocycles. The van der Waals surface area contributed by atoms with Gasteiger partial charge in [0, 0.05) is 12.1 Å². The van der Waals surface area contributed by atoms with Gasteiger partial charge in [0.05, 0.1) is 21.5 Å². The summed E-state index contributed by atoms with van der Waals surface area (Å²) < 4.78 is 1.95. The smallest absolute Gasteiger partial charge is 0.234 e. The van der Waals surface area contributed by atoms with Crippen LogP contribution >= 0.6 is 35.0 Å². The average molecular weight is 461 g/mol. The molecular formula is C22H22Cl2N4OS. The second-order valence-corrected chi connectivity index (χ2v) is 8.65. The molecule has 0 unspecified atom stereocenters. The fourth-order valence-electron chi connectivity index (χ4n) is 2.84. The minimum atomic E-state index is -0.208. The molecule has 0 bridgehead atoms. The highest BCUT2D eigenvalue weighted by atomic mass is 35.5. The van der Waals surface area contributed by atoms with Crippen molar-refractivity contribution < 1.29 is 4.79 Å². The van der Waals surface area contributed by atoms with Gasteiger partial charge in [-0.1, -0.05) is 85.2 Å². The first kappa shape index (κ1) is 22.4. The molecule has 8 heteroatoms. The molecule has 156 valence electrons. The van der Waals surface area contributed by atoms with Crippen LogP contribution in [0.25, 0.3) is 11.4 Å². The molecule has 0 radical (unpaired) electrons. The van der Waals surface area contributed by atoms with Crippen LogP contribution in [0.15, 0.2) is 60.3 Å². The zero-order valence-corrected chi connectivity index (χ0v) is 19.1. The number of amides is 1. The Morgan fingerprint density at radius 1 is 1.20 bits per heavy atom. The maximum absolute atomic E-state index is 12.4. The lowest BCUT2D eigenvalue weighted by Crippen LogP contribution is -2.15. The predicted octanol–water partition coefficient (Wildman–Crippen LogP) is 6.29. The Morgan fingerprint density at radius 3 is 2.60 bits per heavy atom. The number of allylic oxidation sites excluding steroid dienone is 1. The van der Waals surface area contributed by atoms with Crippen molar-refractivity contribution in [1.29, 1.82) is 0 Å². The SMILES string of the molecule is C=CCn1c(SCC(=O)Nc2cccc(Cl)c2Cl)nnc1-c1ccc(C(C)C)cc1. The minimum absolute atomic E-state index is 0.157. The summed E-state index contributed by atoms with van der Waals surface area (Å²) in [4.78, 5) is 12.4. The van der Waals surface area contributed by atoms with Crippen LogP contribution in [0.1, 0.15) is 25.3 Å². The van der Waals surface area contributed by atoms with E-state index in [0.29, 0.717) is 33.4 Å². The van der Waals surface area contributed by atoms with Crippen molar-refractivity contribution in [3.05, 3.63) is 70.7 Å². The van der Waals surface area contributed by atoms with Crippen LogP contribution in [-0.2, 0) is 11.3 Å². The highest BCUT2D eigenvalue weighted by Crippen LogP contribution is 2.30. The first-order valence-corrected chi connectivity index (χ1v) is 11.2. The maximum atomic E-state index is 12.4. The highest BCUT2D eigenvalue weighted by molar-refractivity contribution is 7.99. The van der Waals surface area contributed by atoms with Crippen LogP contribution in [-0.4, -0.2) is 26.4 Å². The zero-order chi connectivity index (χ0) is 21.7. The summed E-state index contributed by atoms with van der Waals surface area (Å²) in [7, 11) is 0. The van der Waals surface area contributed by atoms with Crippen molar-refractivity contribution in [2.45, 2.75) is 31.5 Å². The lowest BCUT2D eigenvalue weighted by atomic mass is 10.0.